The van der Waals surface area contributed by atoms with Gasteiger partial charge in [0, 0.05) is 16.7 Å². The van der Waals surface area contributed by atoms with Gasteiger partial charge >= 0.3 is 0 Å². The van der Waals surface area contributed by atoms with Gasteiger partial charge in [-0.25, -0.2) is 15.0 Å². The first-order chi connectivity index (χ1) is 26.3. The molecule has 2 heterocycles. The molecule has 0 spiro atoms. The molecular weight excluding hydrogens is 659 g/mol. The first-order valence-electron chi connectivity index (χ1n) is 18.0. The summed E-state index contributed by atoms with van der Waals surface area (Å²) in [6.45, 7) is 0. The van der Waals surface area contributed by atoms with Gasteiger partial charge in [-0.3, -0.25) is 0 Å². The van der Waals surface area contributed by atoms with Crippen LogP contribution in [-0.4, -0.2) is 23.0 Å². The molecule has 0 amide bonds. The van der Waals surface area contributed by atoms with Crippen LogP contribution in [0, 0.1) is 0 Å². The summed E-state index contributed by atoms with van der Waals surface area (Å²) >= 11 is 0. The summed E-state index contributed by atoms with van der Waals surface area (Å²) in [6.07, 6.45) is 0. The van der Waals surface area contributed by atoms with Gasteiger partial charge in [-0.2, -0.15) is 0 Å². The number of aromatic nitrogens is 3. The Morgan fingerprint density at radius 3 is 1.49 bits per heavy atom. The Morgan fingerprint density at radius 1 is 0.302 bits per heavy atom. The highest BCUT2D eigenvalue weighted by Gasteiger charge is 2.49. The molecule has 0 aliphatic carbocycles. The van der Waals surface area contributed by atoms with E-state index in [9.17, 15) is 0 Å². The number of hydrogen-bond acceptors (Lipinski definition) is 3. The second kappa shape index (κ2) is 12.8. The Bertz CT molecular complexity index is 2720. The van der Waals surface area contributed by atoms with Crippen LogP contribution in [0.25, 0.3) is 67.2 Å². The Labute approximate surface area is 310 Å². The van der Waals surface area contributed by atoms with E-state index in [-0.39, 0.29) is 0 Å². The van der Waals surface area contributed by atoms with Crippen LogP contribution in [0.15, 0.2) is 200 Å². The third-order valence-electron chi connectivity index (χ3n) is 10.6. The van der Waals surface area contributed by atoms with Crippen LogP contribution in [0.3, 0.4) is 0 Å². The summed E-state index contributed by atoms with van der Waals surface area (Å²) in [6, 6.07) is 71.8. The molecule has 0 saturated carbocycles. The minimum atomic E-state index is -2.67. The molecule has 1 aliphatic rings. The highest BCUT2D eigenvalue weighted by atomic mass is 28.3. The summed E-state index contributed by atoms with van der Waals surface area (Å²) in [5.74, 6) is 1.98. The van der Waals surface area contributed by atoms with Crippen LogP contribution >= 0.6 is 0 Å². The quantitative estimate of drug-likeness (QED) is 0.163. The second-order valence-corrected chi connectivity index (χ2v) is 17.3. The molecule has 4 heteroatoms. The average Bonchev–Trinajstić information content (AvgIpc) is 3.56. The van der Waals surface area contributed by atoms with E-state index in [2.05, 4.69) is 182 Å². The number of benzene rings is 8. The average molecular weight is 692 g/mol. The molecule has 248 valence electrons. The van der Waals surface area contributed by atoms with Gasteiger partial charge < -0.3 is 0 Å². The molecule has 53 heavy (non-hydrogen) atoms. The second-order valence-electron chi connectivity index (χ2n) is 13.5. The van der Waals surface area contributed by atoms with E-state index >= 15 is 0 Å². The van der Waals surface area contributed by atoms with E-state index in [1.54, 1.807) is 0 Å². The normalized spacial score (nSPS) is 12.7. The SMILES string of the molecule is c1ccc(-c2nc(-c3ccc(-c4cccc5ccccc45)cc3)nc(-c3cccc4c3-c3ccccc3[Si]4(c3ccccc3)c3ccccc3)n2)cc1. The molecule has 3 nitrogen and oxygen atoms in total. The predicted octanol–water partition coefficient (Wildman–Crippen LogP) is 9.05. The van der Waals surface area contributed by atoms with Gasteiger partial charge in [0.15, 0.2) is 25.5 Å². The lowest BCUT2D eigenvalue weighted by molar-refractivity contribution is 1.07. The van der Waals surface area contributed by atoms with Crippen molar-refractivity contribution >= 4 is 39.6 Å². The number of nitrogens with zero attached hydrogens (tertiary/aromatic N) is 3. The van der Waals surface area contributed by atoms with E-state index in [0.29, 0.717) is 17.5 Å². The third kappa shape index (κ3) is 5.07. The van der Waals surface area contributed by atoms with E-state index in [1.807, 2.05) is 18.2 Å². The Hall–Kier alpha value is -6.75. The minimum Gasteiger partial charge on any atom is -0.208 e. The van der Waals surface area contributed by atoms with Crippen molar-refractivity contribution in [1.29, 1.82) is 0 Å². The topological polar surface area (TPSA) is 38.7 Å². The van der Waals surface area contributed by atoms with Crippen LogP contribution in [0.4, 0.5) is 0 Å². The first-order valence-corrected chi connectivity index (χ1v) is 20.0. The zero-order valence-electron chi connectivity index (χ0n) is 28.9. The van der Waals surface area contributed by atoms with Gasteiger partial charge in [-0.1, -0.05) is 200 Å². The van der Waals surface area contributed by atoms with Crippen molar-refractivity contribution in [2.24, 2.45) is 0 Å². The van der Waals surface area contributed by atoms with Gasteiger partial charge in [0.1, 0.15) is 0 Å². The number of rotatable bonds is 6. The van der Waals surface area contributed by atoms with Crippen LogP contribution < -0.4 is 20.7 Å². The summed E-state index contributed by atoms with van der Waals surface area (Å²) in [5, 5.41) is 7.94. The highest BCUT2D eigenvalue weighted by Crippen LogP contribution is 2.37. The van der Waals surface area contributed by atoms with Crippen LogP contribution in [-0.2, 0) is 0 Å². The number of fused-ring (bicyclic) bond motifs is 4. The largest absolute Gasteiger partial charge is 0.208 e. The van der Waals surface area contributed by atoms with E-state index < -0.39 is 8.07 Å². The van der Waals surface area contributed by atoms with E-state index in [0.717, 1.165) is 22.3 Å². The smallest absolute Gasteiger partial charge is 0.180 e. The fourth-order valence-corrected chi connectivity index (χ4v) is 13.5. The lowest BCUT2D eigenvalue weighted by Crippen LogP contribution is -2.72. The minimum absolute atomic E-state index is 0.650. The van der Waals surface area contributed by atoms with Crippen molar-refractivity contribution in [3.63, 3.8) is 0 Å². The molecular formula is C49H33N3Si. The Balaban J connectivity index is 1.19. The standard InChI is InChI=1S/C49H33N3Si/c1-4-17-36(18-5-1)47-50-48(37-32-30-35(31-33-37)41-26-14-19-34-16-10-11-24-40(34)41)52-49(51-47)43-27-15-29-45-46(43)42-25-12-13-28-44(42)53(45,38-20-6-2-7-21-38)39-22-8-3-9-23-39/h1-33H. The summed E-state index contributed by atoms with van der Waals surface area (Å²) in [7, 11) is -2.67. The summed E-state index contributed by atoms with van der Waals surface area (Å²) < 4.78 is 0. The van der Waals surface area contributed by atoms with E-state index in [4.69, 9.17) is 15.0 Å². The maximum Gasteiger partial charge on any atom is 0.180 e. The molecule has 9 aromatic rings. The maximum atomic E-state index is 5.29. The molecule has 0 N–H and O–H groups in total. The predicted molar refractivity (Wildman–Crippen MR) is 222 cm³/mol. The van der Waals surface area contributed by atoms with E-state index in [1.165, 1.54) is 48.2 Å². The zero-order chi connectivity index (χ0) is 35.2. The van der Waals surface area contributed by atoms with Crippen molar-refractivity contribution in [2.75, 3.05) is 0 Å². The lowest BCUT2D eigenvalue weighted by Gasteiger charge is -2.31. The van der Waals surface area contributed by atoms with Crippen LogP contribution in [0.2, 0.25) is 0 Å². The first kappa shape index (κ1) is 31.0. The molecule has 0 atom stereocenters. The van der Waals surface area contributed by atoms with Gasteiger partial charge in [0.25, 0.3) is 0 Å². The van der Waals surface area contributed by atoms with Crippen molar-refractivity contribution in [2.45, 2.75) is 0 Å². The third-order valence-corrected chi connectivity index (χ3v) is 15.5. The number of hydrogen-bond donors (Lipinski definition) is 0. The zero-order valence-corrected chi connectivity index (χ0v) is 29.9. The van der Waals surface area contributed by atoms with Gasteiger partial charge in [-0.15, -0.1) is 0 Å². The molecule has 1 aromatic heterocycles. The molecule has 0 unspecified atom stereocenters. The van der Waals surface area contributed by atoms with Crippen molar-refractivity contribution in [1.82, 2.24) is 15.0 Å². The molecule has 10 rings (SSSR count). The maximum absolute atomic E-state index is 5.29. The summed E-state index contributed by atoms with van der Waals surface area (Å²) in [4.78, 5) is 15.6. The monoisotopic (exact) mass is 691 g/mol. The van der Waals surface area contributed by atoms with Gasteiger partial charge in [0.2, 0.25) is 0 Å². The van der Waals surface area contributed by atoms with Crippen LogP contribution in [0.1, 0.15) is 0 Å². The fourth-order valence-electron chi connectivity index (χ4n) is 8.30. The summed E-state index contributed by atoms with van der Waals surface area (Å²) in [5.41, 5.74) is 7.74. The lowest BCUT2D eigenvalue weighted by atomic mass is 9.97. The molecule has 0 radical (unpaired) electrons. The highest BCUT2D eigenvalue weighted by molar-refractivity contribution is 7.22. The van der Waals surface area contributed by atoms with Crippen molar-refractivity contribution in [3.8, 4) is 56.4 Å². The molecule has 8 aromatic carbocycles. The van der Waals surface area contributed by atoms with Crippen LogP contribution in [0.5, 0.6) is 0 Å². The fraction of sp³-hybridized carbons (Fsp3) is 0. The molecule has 0 bridgehead atoms. The van der Waals surface area contributed by atoms with Gasteiger partial charge in [-0.05, 0) is 53.8 Å². The van der Waals surface area contributed by atoms with Gasteiger partial charge in [0.05, 0.1) is 0 Å². The Kier molecular flexibility index (Phi) is 7.48. The Morgan fingerprint density at radius 2 is 0.774 bits per heavy atom. The molecule has 0 fully saturated rings. The van der Waals surface area contributed by atoms with Crippen molar-refractivity contribution in [3.05, 3.63) is 200 Å². The molecule has 1 aliphatic heterocycles. The van der Waals surface area contributed by atoms with Crippen molar-refractivity contribution < 1.29 is 0 Å². The molecule has 0 saturated heterocycles.